The van der Waals surface area contributed by atoms with Gasteiger partial charge in [0.1, 0.15) is 6.07 Å². The Morgan fingerprint density at radius 1 is 0.921 bits per heavy atom. The van der Waals surface area contributed by atoms with Crippen LogP contribution >= 0.6 is 0 Å². The molecule has 1 aromatic rings. The van der Waals surface area contributed by atoms with Crippen molar-refractivity contribution in [2.24, 2.45) is 51.8 Å². The molecule has 4 aliphatic carbocycles. The van der Waals surface area contributed by atoms with Crippen molar-refractivity contribution in [1.82, 2.24) is 9.78 Å². The molecule has 0 radical (unpaired) electrons. The van der Waals surface area contributed by atoms with Crippen LogP contribution in [0.15, 0.2) is 12.4 Å². The fraction of sp³-hybridized carbons (Fsp3) is 0.886. The summed E-state index contributed by atoms with van der Waals surface area (Å²) in [6.45, 7) is 25.9. The van der Waals surface area contributed by atoms with Crippen molar-refractivity contribution < 1.29 is 0 Å². The van der Waals surface area contributed by atoms with Gasteiger partial charge in [0.15, 0.2) is 0 Å². The second kappa shape index (κ2) is 13.9. The zero-order chi connectivity index (χ0) is 28.7. The largest absolute Gasteiger partial charge is 0.271 e. The summed E-state index contributed by atoms with van der Waals surface area (Å²) in [6.07, 6.45) is 18.0. The van der Waals surface area contributed by atoms with Gasteiger partial charge in [-0.15, -0.1) is 0 Å². The molecule has 0 aliphatic heterocycles. The lowest BCUT2D eigenvalue weighted by atomic mass is 9.45. The number of hydrogen-bond donors (Lipinski definition) is 0. The predicted octanol–water partition coefficient (Wildman–Crippen LogP) is 10.5. The van der Waals surface area contributed by atoms with Crippen LogP contribution in [0.25, 0.3) is 0 Å². The van der Waals surface area contributed by atoms with Crippen molar-refractivity contribution in [1.29, 1.82) is 5.26 Å². The normalized spacial score (nSPS) is 37.2. The summed E-state index contributed by atoms with van der Waals surface area (Å²) in [5.41, 5.74) is 2.09. The molecule has 7 unspecified atom stereocenters. The van der Waals surface area contributed by atoms with Crippen molar-refractivity contribution in [3.05, 3.63) is 18.0 Å². The molecule has 3 heteroatoms. The highest BCUT2D eigenvalue weighted by molar-refractivity contribution is 5.21. The fourth-order valence-corrected chi connectivity index (χ4v) is 9.42. The molecule has 5 rings (SSSR count). The molecule has 4 saturated carbocycles. The quantitative estimate of drug-likeness (QED) is 0.394. The Kier molecular flexibility index (Phi) is 12.0. The molecular formula is C35H63N3. The van der Waals surface area contributed by atoms with E-state index in [0.717, 1.165) is 36.1 Å². The molecule has 8 atom stereocenters. The van der Waals surface area contributed by atoms with Crippen LogP contribution in [0.3, 0.4) is 0 Å². The van der Waals surface area contributed by atoms with E-state index in [0.29, 0.717) is 27.7 Å². The van der Waals surface area contributed by atoms with Crippen LogP contribution in [0.1, 0.15) is 146 Å². The number of fused-ring (bicyclic) bond motifs is 5. The SMILES string of the molecule is CC.CC.CC(Cn1cc(C#N)cn1)[C@@]1(C)CCC2C3CCC4CC(C)(C)CCC4C3CCC21C.CCC. The maximum absolute atomic E-state index is 9.16. The van der Waals surface area contributed by atoms with Gasteiger partial charge in [0.25, 0.3) is 0 Å². The lowest BCUT2D eigenvalue weighted by Gasteiger charge is -2.59. The molecule has 0 aromatic carbocycles. The first-order valence-electron chi connectivity index (χ1n) is 16.5. The van der Waals surface area contributed by atoms with E-state index >= 15 is 0 Å². The van der Waals surface area contributed by atoms with E-state index in [2.05, 4.69) is 59.6 Å². The molecule has 0 spiro atoms. The number of nitrogens with zero attached hydrogens (tertiary/aromatic N) is 3. The first kappa shape index (κ1) is 32.9. The van der Waals surface area contributed by atoms with Gasteiger partial charge in [0.05, 0.1) is 11.8 Å². The molecule has 218 valence electrons. The third-order valence-electron chi connectivity index (χ3n) is 11.5. The summed E-state index contributed by atoms with van der Waals surface area (Å²) in [7, 11) is 0. The number of aromatic nitrogens is 2. The molecule has 0 N–H and O–H groups in total. The maximum atomic E-state index is 9.16. The van der Waals surface area contributed by atoms with E-state index in [9.17, 15) is 0 Å². The number of hydrogen-bond acceptors (Lipinski definition) is 2. The van der Waals surface area contributed by atoms with E-state index in [-0.39, 0.29) is 0 Å². The Morgan fingerprint density at radius 3 is 2.16 bits per heavy atom. The Balaban J connectivity index is 0.000000665. The highest BCUT2D eigenvalue weighted by Crippen LogP contribution is 2.70. The highest BCUT2D eigenvalue weighted by Gasteiger charge is 2.62. The van der Waals surface area contributed by atoms with Gasteiger partial charge < -0.3 is 0 Å². The molecule has 38 heavy (non-hydrogen) atoms. The average molecular weight is 526 g/mol. The van der Waals surface area contributed by atoms with E-state index < -0.39 is 0 Å². The summed E-state index contributed by atoms with van der Waals surface area (Å²) in [5, 5.41) is 13.6. The van der Waals surface area contributed by atoms with Gasteiger partial charge >= 0.3 is 0 Å². The summed E-state index contributed by atoms with van der Waals surface area (Å²) in [5.74, 6) is 5.52. The van der Waals surface area contributed by atoms with Gasteiger partial charge in [-0.05, 0) is 110 Å². The molecule has 1 aromatic heterocycles. The first-order chi connectivity index (χ1) is 18.1. The number of nitriles is 1. The molecule has 4 fully saturated rings. The predicted molar refractivity (Wildman–Crippen MR) is 164 cm³/mol. The standard InChI is InChI=1S/C28H43N3.C3H8.2C2H6/c1-19(17-31-18-20(15-29)16-30-31)27(4)13-10-25-24-7-6-21-14-26(2,3)11-8-22(21)23(24)9-12-28(25,27)5;1-3-2;2*1-2/h16,18-19,21-25H,6-14,17H2,1-5H3;3H2,1-2H3;2*1-2H3/t19?,21?,22?,23?,24?,25?,27-,28?;;;/m1.../s1. The molecule has 0 saturated heterocycles. The lowest BCUT2D eigenvalue weighted by molar-refractivity contribution is -0.106. The van der Waals surface area contributed by atoms with E-state index in [1.54, 1.807) is 6.20 Å². The lowest BCUT2D eigenvalue weighted by Crippen LogP contribution is -2.52. The summed E-state index contributed by atoms with van der Waals surface area (Å²) >= 11 is 0. The van der Waals surface area contributed by atoms with Gasteiger partial charge in [-0.2, -0.15) is 10.4 Å². The van der Waals surface area contributed by atoms with Crippen molar-refractivity contribution in [3.8, 4) is 6.07 Å². The van der Waals surface area contributed by atoms with E-state index in [4.69, 9.17) is 5.26 Å². The van der Waals surface area contributed by atoms with Crippen molar-refractivity contribution >= 4 is 0 Å². The van der Waals surface area contributed by atoms with Crippen LogP contribution in [0.2, 0.25) is 0 Å². The third kappa shape index (κ3) is 6.36. The van der Waals surface area contributed by atoms with Crippen LogP contribution in [-0.4, -0.2) is 9.78 Å². The summed E-state index contributed by atoms with van der Waals surface area (Å²) < 4.78 is 2.02. The van der Waals surface area contributed by atoms with Crippen molar-refractivity contribution in [3.63, 3.8) is 0 Å². The zero-order valence-corrected chi connectivity index (χ0v) is 27.2. The van der Waals surface area contributed by atoms with Crippen LogP contribution in [0, 0.1) is 63.1 Å². The Bertz CT molecular complexity index is 878. The van der Waals surface area contributed by atoms with Gasteiger partial charge in [0, 0.05) is 12.7 Å². The number of rotatable bonds is 3. The minimum absolute atomic E-state index is 0.368. The van der Waals surface area contributed by atoms with Gasteiger partial charge in [-0.3, -0.25) is 4.68 Å². The van der Waals surface area contributed by atoms with E-state index in [1.807, 2.05) is 38.6 Å². The van der Waals surface area contributed by atoms with Gasteiger partial charge in [-0.1, -0.05) is 82.6 Å². The third-order valence-corrected chi connectivity index (χ3v) is 11.5. The minimum atomic E-state index is 0.368. The van der Waals surface area contributed by atoms with Crippen molar-refractivity contribution in [2.75, 3.05) is 0 Å². The molecular weight excluding hydrogens is 462 g/mol. The first-order valence-corrected chi connectivity index (χ1v) is 16.5. The monoisotopic (exact) mass is 526 g/mol. The second-order valence-corrected chi connectivity index (χ2v) is 13.9. The maximum Gasteiger partial charge on any atom is 0.102 e. The molecule has 4 aliphatic rings. The van der Waals surface area contributed by atoms with Crippen molar-refractivity contribution in [2.45, 2.75) is 147 Å². The highest BCUT2D eigenvalue weighted by atomic mass is 15.3. The fourth-order valence-electron chi connectivity index (χ4n) is 9.42. The Labute approximate surface area is 237 Å². The molecule has 0 bridgehead atoms. The minimum Gasteiger partial charge on any atom is -0.271 e. The summed E-state index contributed by atoms with van der Waals surface area (Å²) in [4.78, 5) is 0. The topological polar surface area (TPSA) is 41.6 Å². The molecule has 1 heterocycles. The zero-order valence-electron chi connectivity index (χ0n) is 27.2. The molecule has 0 amide bonds. The Morgan fingerprint density at radius 2 is 1.55 bits per heavy atom. The van der Waals surface area contributed by atoms with Crippen LogP contribution in [0.4, 0.5) is 0 Å². The molecule has 3 nitrogen and oxygen atoms in total. The summed E-state index contributed by atoms with van der Waals surface area (Å²) in [6, 6.07) is 2.23. The average Bonchev–Trinajstić information content (AvgIpc) is 3.48. The van der Waals surface area contributed by atoms with Gasteiger partial charge in [-0.25, -0.2) is 0 Å². The van der Waals surface area contributed by atoms with E-state index in [1.165, 1.54) is 64.2 Å². The Hall–Kier alpha value is -1.30. The smallest absolute Gasteiger partial charge is 0.102 e. The van der Waals surface area contributed by atoms with Crippen LogP contribution < -0.4 is 0 Å². The van der Waals surface area contributed by atoms with Crippen LogP contribution in [-0.2, 0) is 6.54 Å². The van der Waals surface area contributed by atoms with Crippen LogP contribution in [0.5, 0.6) is 0 Å². The van der Waals surface area contributed by atoms with Gasteiger partial charge in [0.2, 0.25) is 0 Å². The second-order valence-electron chi connectivity index (χ2n) is 13.9.